The third-order valence-corrected chi connectivity index (χ3v) is 6.69. The third-order valence-electron chi connectivity index (χ3n) is 3.54. The van der Waals surface area contributed by atoms with Gasteiger partial charge in [-0.15, -0.1) is 0 Å². The monoisotopic (exact) mass is 289 g/mol. The van der Waals surface area contributed by atoms with Crippen molar-refractivity contribution < 1.29 is 13.3 Å². The Kier molecular flexibility index (Phi) is 8.90. The standard InChI is InChI=1S/C14H31NO3Si/c1-4-16-19(17-5-2,18-6-3)13-9-11-14-10-7-8-12-15-14/h14-15H,4-13H2,1-3H3. The molecule has 0 aliphatic carbocycles. The summed E-state index contributed by atoms with van der Waals surface area (Å²) in [6.07, 6.45) is 6.34. The van der Waals surface area contributed by atoms with Gasteiger partial charge in [-0.3, -0.25) is 0 Å². The van der Waals surface area contributed by atoms with Crippen LogP contribution in [0, 0.1) is 0 Å². The second-order valence-corrected chi connectivity index (χ2v) is 7.75. The van der Waals surface area contributed by atoms with Crippen LogP contribution in [0.3, 0.4) is 0 Å². The van der Waals surface area contributed by atoms with Gasteiger partial charge in [-0.2, -0.15) is 0 Å². The molecule has 4 nitrogen and oxygen atoms in total. The normalized spacial score (nSPS) is 20.7. The summed E-state index contributed by atoms with van der Waals surface area (Å²) in [5, 5.41) is 3.59. The molecule has 1 fully saturated rings. The molecule has 0 radical (unpaired) electrons. The van der Waals surface area contributed by atoms with Gasteiger partial charge in [-0.05, 0) is 53.0 Å². The largest absolute Gasteiger partial charge is 0.500 e. The van der Waals surface area contributed by atoms with Crippen LogP contribution in [0.15, 0.2) is 0 Å². The summed E-state index contributed by atoms with van der Waals surface area (Å²) in [5.74, 6) is 0. The number of hydrogen-bond acceptors (Lipinski definition) is 4. The minimum atomic E-state index is -2.41. The molecule has 0 aromatic heterocycles. The Morgan fingerprint density at radius 1 is 1.00 bits per heavy atom. The third kappa shape index (κ3) is 6.36. The van der Waals surface area contributed by atoms with E-state index in [4.69, 9.17) is 13.3 Å². The highest BCUT2D eigenvalue weighted by Gasteiger charge is 2.39. The van der Waals surface area contributed by atoms with Gasteiger partial charge < -0.3 is 18.6 Å². The average molecular weight is 289 g/mol. The van der Waals surface area contributed by atoms with Crippen LogP contribution in [0.1, 0.15) is 52.9 Å². The Labute approximate surface area is 119 Å². The van der Waals surface area contributed by atoms with E-state index in [2.05, 4.69) is 5.32 Å². The zero-order valence-electron chi connectivity index (χ0n) is 12.9. The van der Waals surface area contributed by atoms with E-state index in [1.54, 1.807) is 0 Å². The van der Waals surface area contributed by atoms with Crippen molar-refractivity contribution in [1.82, 2.24) is 5.32 Å². The van der Waals surface area contributed by atoms with Crippen LogP contribution in [0.4, 0.5) is 0 Å². The highest BCUT2D eigenvalue weighted by Crippen LogP contribution is 2.21. The molecule has 19 heavy (non-hydrogen) atoms. The van der Waals surface area contributed by atoms with Crippen LogP contribution < -0.4 is 5.32 Å². The zero-order chi connectivity index (χ0) is 14.0. The smallest absolute Gasteiger partial charge is 0.374 e. The Morgan fingerprint density at radius 2 is 1.63 bits per heavy atom. The minimum absolute atomic E-state index is 0.675. The topological polar surface area (TPSA) is 39.7 Å². The van der Waals surface area contributed by atoms with Crippen LogP contribution in [0.5, 0.6) is 0 Å². The lowest BCUT2D eigenvalue weighted by atomic mass is 10.0. The molecule has 0 aromatic rings. The van der Waals surface area contributed by atoms with E-state index in [1.807, 2.05) is 20.8 Å². The molecular formula is C14H31NO3Si. The molecule has 0 bridgehead atoms. The lowest BCUT2D eigenvalue weighted by Crippen LogP contribution is -2.46. The molecule has 5 heteroatoms. The van der Waals surface area contributed by atoms with Gasteiger partial charge in [-0.1, -0.05) is 6.42 Å². The lowest BCUT2D eigenvalue weighted by molar-refractivity contribution is 0.0704. The van der Waals surface area contributed by atoms with Gasteiger partial charge in [0.2, 0.25) is 0 Å². The molecule has 1 saturated heterocycles. The molecule has 0 aromatic carbocycles. The van der Waals surface area contributed by atoms with Crippen molar-refractivity contribution in [2.75, 3.05) is 26.4 Å². The van der Waals surface area contributed by atoms with Gasteiger partial charge in [0.05, 0.1) is 0 Å². The van der Waals surface area contributed by atoms with Crippen LogP contribution in [0.2, 0.25) is 6.04 Å². The average Bonchev–Trinajstić information content (AvgIpc) is 2.41. The summed E-state index contributed by atoms with van der Waals surface area (Å²) < 4.78 is 17.6. The van der Waals surface area contributed by atoms with Crippen molar-refractivity contribution in [1.29, 1.82) is 0 Å². The second kappa shape index (κ2) is 9.88. The van der Waals surface area contributed by atoms with Gasteiger partial charge in [-0.25, -0.2) is 0 Å². The summed E-state index contributed by atoms with van der Waals surface area (Å²) >= 11 is 0. The molecule has 1 aliphatic heterocycles. The fourth-order valence-corrected chi connectivity index (χ4v) is 5.38. The maximum Gasteiger partial charge on any atom is 0.500 e. The Balaban J connectivity index is 2.36. The SMILES string of the molecule is CCO[Si](CCCC1CCCCN1)(OCC)OCC. The molecule has 0 spiro atoms. The van der Waals surface area contributed by atoms with E-state index in [1.165, 1.54) is 32.2 Å². The van der Waals surface area contributed by atoms with Gasteiger partial charge in [0.1, 0.15) is 0 Å². The van der Waals surface area contributed by atoms with Gasteiger partial charge in [0, 0.05) is 31.9 Å². The number of piperidine rings is 1. The van der Waals surface area contributed by atoms with Crippen molar-refractivity contribution in [3.8, 4) is 0 Å². The molecule has 114 valence electrons. The first kappa shape index (κ1) is 17.1. The summed E-state index contributed by atoms with van der Waals surface area (Å²) in [7, 11) is -2.41. The van der Waals surface area contributed by atoms with E-state index in [0.29, 0.717) is 25.9 Å². The fourth-order valence-electron chi connectivity index (χ4n) is 2.74. The molecule has 0 amide bonds. The van der Waals surface area contributed by atoms with Crippen LogP contribution in [-0.2, 0) is 13.3 Å². The molecule has 1 rings (SSSR count). The molecule has 1 heterocycles. The Hall–Kier alpha value is 0.0569. The van der Waals surface area contributed by atoms with E-state index >= 15 is 0 Å². The highest BCUT2D eigenvalue weighted by atomic mass is 28.4. The van der Waals surface area contributed by atoms with E-state index in [-0.39, 0.29) is 0 Å². The van der Waals surface area contributed by atoms with E-state index in [9.17, 15) is 0 Å². The van der Waals surface area contributed by atoms with E-state index in [0.717, 1.165) is 12.5 Å². The van der Waals surface area contributed by atoms with Gasteiger partial charge in [0.15, 0.2) is 0 Å². The second-order valence-electron chi connectivity index (χ2n) is 5.02. The van der Waals surface area contributed by atoms with Crippen LogP contribution in [0.25, 0.3) is 0 Å². The first-order chi connectivity index (χ1) is 9.26. The summed E-state index contributed by atoms with van der Waals surface area (Å²) in [6, 6.07) is 1.63. The fraction of sp³-hybridized carbons (Fsp3) is 1.00. The molecule has 1 aliphatic rings. The number of hydrogen-bond donors (Lipinski definition) is 1. The molecule has 1 N–H and O–H groups in total. The van der Waals surface area contributed by atoms with Crippen molar-refractivity contribution in [2.24, 2.45) is 0 Å². The Morgan fingerprint density at radius 3 is 2.11 bits per heavy atom. The lowest BCUT2D eigenvalue weighted by Gasteiger charge is -2.29. The molecular weight excluding hydrogens is 258 g/mol. The molecule has 0 saturated carbocycles. The van der Waals surface area contributed by atoms with Crippen molar-refractivity contribution in [3.05, 3.63) is 0 Å². The number of nitrogens with one attached hydrogen (secondary N) is 1. The minimum Gasteiger partial charge on any atom is -0.374 e. The predicted octanol–water partition coefficient (Wildman–Crippen LogP) is 2.96. The van der Waals surface area contributed by atoms with Crippen LogP contribution >= 0.6 is 0 Å². The summed E-state index contributed by atoms with van der Waals surface area (Å²) in [5.41, 5.74) is 0. The van der Waals surface area contributed by atoms with Crippen molar-refractivity contribution in [2.45, 2.75) is 65.0 Å². The molecule has 1 atom stereocenters. The quantitative estimate of drug-likeness (QED) is 0.628. The van der Waals surface area contributed by atoms with Crippen LogP contribution in [-0.4, -0.2) is 41.2 Å². The maximum absolute atomic E-state index is 5.87. The number of rotatable bonds is 10. The van der Waals surface area contributed by atoms with Gasteiger partial charge in [0.25, 0.3) is 0 Å². The van der Waals surface area contributed by atoms with Crippen molar-refractivity contribution in [3.63, 3.8) is 0 Å². The summed E-state index contributed by atoms with van der Waals surface area (Å²) in [4.78, 5) is 0. The van der Waals surface area contributed by atoms with Crippen molar-refractivity contribution >= 4 is 8.80 Å². The first-order valence-corrected chi connectivity index (χ1v) is 9.84. The predicted molar refractivity (Wildman–Crippen MR) is 80.3 cm³/mol. The van der Waals surface area contributed by atoms with E-state index < -0.39 is 8.80 Å². The maximum atomic E-state index is 5.87. The Bertz CT molecular complexity index is 206. The zero-order valence-corrected chi connectivity index (χ0v) is 13.9. The summed E-state index contributed by atoms with van der Waals surface area (Å²) in [6.45, 7) is 9.25. The van der Waals surface area contributed by atoms with Gasteiger partial charge >= 0.3 is 8.80 Å². The first-order valence-electron chi connectivity index (χ1n) is 7.91. The highest BCUT2D eigenvalue weighted by molar-refractivity contribution is 6.60. The molecule has 1 unspecified atom stereocenters.